The molecule has 18 heavy (non-hydrogen) atoms. The standard InChI is InChI=1S/C10H20N2O5S/c1-5-6-18(15,16)12-7(2)9(13)11-8(3)10(14)17-4/h7-8,12H,5-6H2,1-4H3,(H,11,13). The first-order valence-electron chi connectivity index (χ1n) is 5.61. The Labute approximate surface area is 107 Å². The van der Waals surface area contributed by atoms with Gasteiger partial charge in [-0.05, 0) is 20.3 Å². The van der Waals surface area contributed by atoms with Crippen molar-refractivity contribution in [2.24, 2.45) is 0 Å². The maximum absolute atomic E-state index is 11.6. The normalized spacial score (nSPS) is 14.7. The SMILES string of the molecule is CCCS(=O)(=O)NC(C)C(=O)NC(C)C(=O)OC. The van der Waals surface area contributed by atoms with Crippen LogP contribution in [0.15, 0.2) is 0 Å². The smallest absolute Gasteiger partial charge is 0.328 e. The molecule has 0 heterocycles. The fraction of sp³-hybridized carbons (Fsp3) is 0.800. The van der Waals surface area contributed by atoms with Crippen LogP contribution >= 0.6 is 0 Å². The predicted octanol–water partition coefficient (Wildman–Crippen LogP) is -0.618. The summed E-state index contributed by atoms with van der Waals surface area (Å²) in [6.07, 6.45) is 0.461. The summed E-state index contributed by atoms with van der Waals surface area (Å²) in [6, 6.07) is -1.76. The Morgan fingerprint density at radius 2 is 1.78 bits per heavy atom. The van der Waals surface area contributed by atoms with Gasteiger partial charge >= 0.3 is 5.97 Å². The van der Waals surface area contributed by atoms with E-state index in [4.69, 9.17) is 0 Å². The number of amides is 1. The molecule has 0 aliphatic rings. The molecule has 0 aromatic carbocycles. The molecule has 0 bridgehead atoms. The number of sulfonamides is 1. The maximum atomic E-state index is 11.6. The third-order valence-corrected chi connectivity index (χ3v) is 3.79. The molecule has 0 saturated carbocycles. The molecule has 0 aliphatic carbocycles. The zero-order valence-corrected chi connectivity index (χ0v) is 11.8. The molecule has 1 amide bonds. The summed E-state index contributed by atoms with van der Waals surface area (Å²) < 4.78 is 29.5. The van der Waals surface area contributed by atoms with Gasteiger partial charge in [-0.25, -0.2) is 17.9 Å². The monoisotopic (exact) mass is 280 g/mol. The van der Waals surface area contributed by atoms with Gasteiger partial charge in [-0.2, -0.15) is 0 Å². The minimum absolute atomic E-state index is 0.0445. The van der Waals surface area contributed by atoms with Gasteiger partial charge < -0.3 is 10.1 Å². The molecular weight excluding hydrogens is 260 g/mol. The summed E-state index contributed by atoms with van der Waals surface area (Å²) in [5.74, 6) is -1.21. The van der Waals surface area contributed by atoms with Crippen LogP contribution in [0.25, 0.3) is 0 Å². The highest BCUT2D eigenvalue weighted by atomic mass is 32.2. The van der Waals surface area contributed by atoms with Crippen molar-refractivity contribution < 1.29 is 22.7 Å². The van der Waals surface area contributed by atoms with E-state index in [1.165, 1.54) is 21.0 Å². The van der Waals surface area contributed by atoms with Gasteiger partial charge in [-0.15, -0.1) is 0 Å². The van der Waals surface area contributed by atoms with Gasteiger partial charge in [0, 0.05) is 0 Å². The van der Waals surface area contributed by atoms with E-state index in [0.29, 0.717) is 6.42 Å². The zero-order valence-electron chi connectivity index (χ0n) is 11.0. The van der Waals surface area contributed by atoms with Crippen molar-refractivity contribution in [3.05, 3.63) is 0 Å². The molecule has 8 heteroatoms. The van der Waals surface area contributed by atoms with Crippen molar-refractivity contribution in [1.29, 1.82) is 0 Å². The fourth-order valence-electron chi connectivity index (χ4n) is 1.22. The van der Waals surface area contributed by atoms with Gasteiger partial charge in [-0.3, -0.25) is 4.79 Å². The Morgan fingerprint density at radius 1 is 1.22 bits per heavy atom. The molecule has 0 rings (SSSR count). The number of carbonyl (C=O) groups is 2. The quantitative estimate of drug-likeness (QED) is 0.605. The van der Waals surface area contributed by atoms with Crippen LogP contribution in [0.5, 0.6) is 0 Å². The second kappa shape index (κ2) is 7.32. The van der Waals surface area contributed by atoms with Crippen molar-refractivity contribution >= 4 is 21.9 Å². The first-order valence-corrected chi connectivity index (χ1v) is 7.27. The Hall–Kier alpha value is -1.15. The van der Waals surface area contributed by atoms with E-state index in [-0.39, 0.29) is 5.75 Å². The Morgan fingerprint density at radius 3 is 2.22 bits per heavy atom. The molecule has 0 fully saturated rings. The third-order valence-electron chi connectivity index (χ3n) is 2.14. The molecule has 106 valence electrons. The molecule has 2 unspecified atom stereocenters. The van der Waals surface area contributed by atoms with E-state index in [1.807, 2.05) is 0 Å². The molecule has 0 aromatic heterocycles. The minimum atomic E-state index is -3.46. The lowest BCUT2D eigenvalue weighted by Crippen LogP contribution is -2.49. The van der Waals surface area contributed by atoms with E-state index in [0.717, 1.165) is 0 Å². The van der Waals surface area contributed by atoms with Crippen molar-refractivity contribution in [3.63, 3.8) is 0 Å². The summed E-state index contributed by atoms with van der Waals surface area (Å²) in [7, 11) is -2.26. The van der Waals surface area contributed by atoms with E-state index in [9.17, 15) is 18.0 Å². The summed E-state index contributed by atoms with van der Waals surface area (Å²) in [5.41, 5.74) is 0. The molecular formula is C10H20N2O5S. The number of methoxy groups -OCH3 is 1. The lowest BCUT2D eigenvalue weighted by Gasteiger charge is -2.16. The van der Waals surface area contributed by atoms with Crippen molar-refractivity contribution in [2.45, 2.75) is 39.3 Å². The van der Waals surface area contributed by atoms with Gasteiger partial charge in [0.25, 0.3) is 0 Å². The van der Waals surface area contributed by atoms with Gasteiger partial charge in [0.1, 0.15) is 6.04 Å². The largest absolute Gasteiger partial charge is 0.467 e. The third kappa shape index (κ3) is 5.97. The number of nitrogens with one attached hydrogen (secondary N) is 2. The van der Waals surface area contributed by atoms with Crippen LogP contribution in [-0.4, -0.2) is 45.2 Å². The molecule has 0 aromatic rings. The van der Waals surface area contributed by atoms with Crippen LogP contribution in [0.3, 0.4) is 0 Å². The van der Waals surface area contributed by atoms with Crippen molar-refractivity contribution in [2.75, 3.05) is 12.9 Å². The second-order valence-electron chi connectivity index (χ2n) is 3.91. The summed E-state index contributed by atoms with van der Waals surface area (Å²) in [5, 5.41) is 2.35. The van der Waals surface area contributed by atoms with Gasteiger partial charge in [0.15, 0.2) is 0 Å². The molecule has 0 spiro atoms. The molecule has 0 radical (unpaired) electrons. The first-order chi connectivity index (χ1) is 8.23. The second-order valence-corrected chi connectivity index (χ2v) is 5.79. The predicted molar refractivity (Wildman–Crippen MR) is 66.3 cm³/mol. The Bertz CT molecular complexity index is 393. The minimum Gasteiger partial charge on any atom is -0.467 e. The average Bonchev–Trinajstić information content (AvgIpc) is 2.26. The number of rotatable bonds is 7. The lowest BCUT2D eigenvalue weighted by molar-refractivity contribution is -0.144. The van der Waals surface area contributed by atoms with Crippen LogP contribution < -0.4 is 10.0 Å². The fourth-order valence-corrected chi connectivity index (χ4v) is 2.53. The van der Waals surface area contributed by atoms with Gasteiger partial charge in [-0.1, -0.05) is 6.92 Å². The average molecular weight is 280 g/mol. The summed E-state index contributed by atoms with van der Waals surface area (Å²) in [4.78, 5) is 22.7. The van der Waals surface area contributed by atoms with E-state index in [2.05, 4.69) is 14.8 Å². The van der Waals surface area contributed by atoms with Crippen LogP contribution in [-0.2, 0) is 24.3 Å². The first kappa shape index (κ1) is 16.9. The van der Waals surface area contributed by atoms with Gasteiger partial charge in [0.05, 0.1) is 18.9 Å². The number of ether oxygens (including phenoxy) is 1. The molecule has 2 atom stereocenters. The van der Waals surface area contributed by atoms with Crippen LogP contribution in [0.4, 0.5) is 0 Å². The molecule has 0 aliphatic heterocycles. The van der Waals surface area contributed by atoms with Crippen molar-refractivity contribution in [3.8, 4) is 0 Å². The molecule has 0 saturated heterocycles. The summed E-state index contributed by atoms with van der Waals surface area (Å²) in [6.45, 7) is 4.59. The summed E-state index contributed by atoms with van der Waals surface area (Å²) >= 11 is 0. The highest BCUT2D eigenvalue weighted by Crippen LogP contribution is 1.94. The number of hydrogen-bond donors (Lipinski definition) is 2. The molecule has 2 N–H and O–H groups in total. The number of carbonyl (C=O) groups excluding carboxylic acids is 2. The van der Waals surface area contributed by atoms with Crippen molar-refractivity contribution in [1.82, 2.24) is 10.0 Å². The highest BCUT2D eigenvalue weighted by Gasteiger charge is 2.23. The lowest BCUT2D eigenvalue weighted by atomic mass is 10.3. The number of esters is 1. The topological polar surface area (TPSA) is 102 Å². The zero-order chi connectivity index (χ0) is 14.3. The Balaban J connectivity index is 4.40. The Kier molecular flexibility index (Phi) is 6.85. The van der Waals surface area contributed by atoms with E-state index < -0.39 is 34.0 Å². The van der Waals surface area contributed by atoms with Crippen LogP contribution in [0, 0.1) is 0 Å². The van der Waals surface area contributed by atoms with E-state index >= 15 is 0 Å². The van der Waals surface area contributed by atoms with E-state index in [1.54, 1.807) is 6.92 Å². The van der Waals surface area contributed by atoms with Gasteiger partial charge in [0.2, 0.25) is 15.9 Å². The van der Waals surface area contributed by atoms with Crippen LogP contribution in [0.2, 0.25) is 0 Å². The number of hydrogen-bond acceptors (Lipinski definition) is 5. The van der Waals surface area contributed by atoms with Crippen LogP contribution in [0.1, 0.15) is 27.2 Å². The molecule has 7 nitrogen and oxygen atoms in total. The highest BCUT2D eigenvalue weighted by molar-refractivity contribution is 7.89. The maximum Gasteiger partial charge on any atom is 0.328 e.